The number of thiazole rings is 1. The molecule has 0 aliphatic rings. The molecule has 0 bridgehead atoms. The van der Waals surface area contributed by atoms with E-state index in [-0.39, 0.29) is 11.9 Å². The number of aryl methyl sites for hydroxylation is 2. The molecule has 0 radical (unpaired) electrons. The molecule has 0 spiro atoms. The van der Waals surface area contributed by atoms with Crippen LogP contribution >= 0.6 is 11.3 Å². The van der Waals surface area contributed by atoms with Crippen molar-refractivity contribution in [3.05, 3.63) is 41.2 Å². The maximum Gasteiger partial charge on any atom is 0.277 e. The fourth-order valence-electron chi connectivity index (χ4n) is 2.42. The summed E-state index contributed by atoms with van der Waals surface area (Å²) >= 11 is 1.47. The van der Waals surface area contributed by atoms with Gasteiger partial charge in [0.1, 0.15) is 0 Å². The zero-order valence-electron chi connectivity index (χ0n) is 13.0. The Hall–Kier alpha value is -2.21. The Morgan fingerprint density at radius 3 is 2.73 bits per heavy atom. The van der Waals surface area contributed by atoms with Crippen molar-refractivity contribution in [1.29, 1.82) is 0 Å². The van der Waals surface area contributed by atoms with Gasteiger partial charge in [-0.15, -0.1) is 0 Å². The van der Waals surface area contributed by atoms with Crippen molar-refractivity contribution in [3.8, 4) is 0 Å². The molecule has 2 aromatic heterocycles. The van der Waals surface area contributed by atoms with Crippen LogP contribution in [0.5, 0.6) is 0 Å². The molecule has 0 aliphatic carbocycles. The highest BCUT2D eigenvalue weighted by molar-refractivity contribution is 7.22. The molecule has 0 saturated carbocycles. The Kier molecular flexibility index (Phi) is 3.70. The maximum absolute atomic E-state index is 12.3. The summed E-state index contributed by atoms with van der Waals surface area (Å²) in [7, 11) is 0. The first-order chi connectivity index (χ1) is 10.5. The van der Waals surface area contributed by atoms with Gasteiger partial charge < -0.3 is 0 Å². The number of para-hydroxylation sites is 1. The molecule has 1 aromatic carbocycles. The number of hydrogen-bond acceptors (Lipinski definition) is 4. The standard InChI is InChI=1S/C16H18N4OS/c1-9(2)20-11(4)8-12(19-20)15(21)18-16-17-14-10(3)6-5-7-13(14)22-16/h5-9H,1-4H3,(H,17,18,21). The van der Waals surface area contributed by atoms with E-state index in [0.29, 0.717) is 10.8 Å². The fourth-order valence-corrected chi connectivity index (χ4v) is 3.36. The normalized spacial score (nSPS) is 11.3. The fraction of sp³-hybridized carbons (Fsp3) is 0.312. The summed E-state index contributed by atoms with van der Waals surface area (Å²) < 4.78 is 2.91. The van der Waals surface area contributed by atoms with Gasteiger partial charge in [-0.05, 0) is 45.4 Å². The van der Waals surface area contributed by atoms with Crippen molar-refractivity contribution in [1.82, 2.24) is 14.8 Å². The maximum atomic E-state index is 12.3. The van der Waals surface area contributed by atoms with Crippen LogP contribution in [0.1, 0.15) is 41.6 Å². The smallest absolute Gasteiger partial charge is 0.277 e. The van der Waals surface area contributed by atoms with E-state index in [9.17, 15) is 4.79 Å². The Morgan fingerprint density at radius 1 is 1.32 bits per heavy atom. The zero-order valence-corrected chi connectivity index (χ0v) is 13.9. The second-order valence-electron chi connectivity index (χ2n) is 5.60. The van der Waals surface area contributed by atoms with E-state index in [4.69, 9.17) is 0 Å². The van der Waals surface area contributed by atoms with Crippen molar-refractivity contribution in [2.45, 2.75) is 33.7 Å². The average molecular weight is 314 g/mol. The molecule has 0 fully saturated rings. The van der Waals surface area contributed by atoms with E-state index in [1.165, 1.54) is 11.3 Å². The first kappa shape index (κ1) is 14.7. The Bertz CT molecular complexity index is 847. The van der Waals surface area contributed by atoms with E-state index in [2.05, 4.69) is 15.4 Å². The third-order valence-corrected chi connectivity index (χ3v) is 4.42. The molecule has 0 unspecified atom stereocenters. The molecule has 1 N–H and O–H groups in total. The van der Waals surface area contributed by atoms with Gasteiger partial charge in [-0.2, -0.15) is 5.10 Å². The summed E-state index contributed by atoms with van der Waals surface area (Å²) in [6, 6.07) is 8.05. The molecule has 0 aliphatic heterocycles. The number of nitrogens with one attached hydrogen (secondary N) is 1. The largest absolute Gasteiger partial charge is 0.296 e. The van der Waals surface area contributed by atoms with Gasteiger partial charge in [0.05, 0.1) is 10.2 Å². The Labute approximate surface area is 133 Å². The van der Waals surface area contributed by atoms with Crippen molar-refractivity contribution in [2.24, 2.45) is 0 Å². The number of hydrogen-bond donors (Lipinski definition) is 1. The first-order valence-corrected chi connectivity index (χ1v) is 8.01. The number of rotatable bonds is 3. The molecule has 22 heavy (non-hydrogen) atoms. The highest BCUT2D eigenvalue weighted by Gasteiger charge is 2.16. The molecule has 5 nitrogen and oxygen atoms in total. The van der Waals surface area contributed by atoms with Gasteiger partial charge in [0.25, 0.3) is 5.91 Å². The van der Waals surface area contributed by atoms with Crippen LogP contribution in [-0.4, -0.2) is 20.7 Å². The van der Waals surface area contributed by atoms with Crippen LogP contribution in [0.3, 0.4) is 0 Å². The second-order valence-corrected chi connectivity index (χ2v) is 6.63. The van der Waals surface area contributed by atoms with Crippen LogP contribution in [-0.2, 0) is 0 Å². The van der Waals surface area contributed by atoms with Gasteiger partial charge in [-0.3, -0.25) is 14.8 Å². The highest BCUT2D eigenvalue weighted by Crippen LogP contribution is 2.28. The Morgan fingerprint density at radius 2 is 2.09 bits per heavy atom. The molecule has 1 amide bonds. The monoisotopic (exact) mass is 314 g/mol. The predicted molar refractivity (Wildman–Crippen MR) is 89.7 cm³/mol. The van der Waals surface area contributed by atoms with E-state index in [1.54, 1.807) is 6.07 Å². The summed E-state index contributed by atoms with van der Waals surface area (Å²) in [5.74, 6) is -0.223. The lowest BCUT2D eigenvalue weighted by atomic mass is 10.2. The van der Waals surface area contributed by atoms with Crippen molar-refractivity contribution < 1.29 is 4.79 Å². The molecule has 3 rings (SSSR count). The van der Waals surface area contributed by atoms with Gasteiger partial charge >= 0.3 is 0 Å². The topological polar surface area (TPSA) is 59.8 Å². The van der Waals surface area contributed by atoms with Gasteiger partial charge in [0, 0.05) is 11.7 Å². The number of carbonyl (C=O) groups excluding carboxylic acids is 1. The third kappa shape index (κ3) is 2.62. The number of fused-ring (bicyclic) bond motifs is 1. The lowest BCUT2D eigenvalue weighted by Crippen LogP contribution is -2.13. The summed E-state index contributed by atoms with van der Waals surface area (Å²) in [4.78, 5) is 16.8. The lowest BCUT2D eigenvalue weighted by molar-refractivity contribution is 0.102. The molecule has 2 heterocycles. The number of aromatic nitrogens is 3. The molecule has 6 heteroatoms. The lowest BCUT2D eigenvalue weighted by Gasteiger charge is -2.06. The molecular formula is C16H18N4OS. The molecule has 114 valence electrons. The van der Waals surface area contributed by atoms with Gasteiger partial charge in [0.15, 0.2) is 10.8 Å². The van der Waals surface area contributed by atoms with E-state index in [0.717, 1.165) is 21.5 Å². The average Bonchev–Trinajstić information content (AvgIpc) is 3.03. The molecular weight excluding hydrogens is 296 g/mol. The van der Waals surface area contributed by atoms with Gasteiger partial charge in [0.2, 0.25) is 0 Å². The third-order valence-electron chi connectivity index (χ3n) is 3.49. The number of amides is 1. The quantitative estimate of drug-likeness (QED) is 0.796. The van der Waals surface area contributed by atoms with E-state index < -0.39 is 0 Å². The number of anilines is 1. The van der Waals surface area contributed by atoms with Gasteiger partial charge in [-0.25, -0.2) is 4.98 Å². The SMILES string of the molecule is Cc1cccc2sc(NC(=O)c3cc(C)n(C(C)C)n3)nc12. The summed E-state index contributed by atoms with van der Waals surface area (Å²) in [6.07, 6.45) is 0. The molecule has 0 saturated heterocycles. The molecule has 3 aromatic rings. The van der Waals surface area contributed by atoms with Crippen LogP contribution in [0, 0.1) is 13.8 Å². The highest BCUT2D eigenvalue weighted by atomic mass is 32.1. The van der Waals surface area contributed by atoms with Crippen LogP contribution in [0.4, 0.5) is 5.13 Å². The number of nitrogens with zero attached hydrogens (tertiary/aromatic N) is 3. The van der Waals surface area contributed by atoms with Crippen molar-refractivity contribution in [2.75, 3.05) is 5.32 Å². The zero-order chi connectivity index (χ0) is 15.9. The van der Waals surface area contributed by atoms with E-state index >= 15 is 0 Å². The van der Waals surface area contributed by atoms with Crippen molar-refractivity contribution >= 4 is 32.6 Å². The van der Waals surface area contributed by atoms with Crippen LogP contribution in [0.2, 0.25) is 0 Å². The van der Waals surface area contributed by atoms with Crippen LogP contribution in [0.25, 0.3) is 10.2 Å². The summed E-state index contributed by atoms with van der Waals surface area (Å²) in [6.45, 7) is 8.04. The summed E-state index contributed by atoms with van der Waals surface area (Å²) in [5, 5.41) is 7.81. The molecule has 0 atom stereocenters. The minimum Gasteiger partial charge on any atom is -0.296 e. The first-order valence-electron chi connectivity index (χ1n) is 7.19. The second kappa shape index (κ2) is 5.53. The van der Waals surface area contributed by atoms with Crippen LogP contribution in [0.15, 0.2) is 24.3 Å². The predicted octanol–water partition coefficient (Wildman–Crippen LogP) is 3.94. The van der Waals surface area contributed by atoms with Crippen LogP contribution < -0.4 is 5.32 Å². The number of carbonyl (C=O) groups is 1. The van der Waals surface area contributed by atoms with Gasteiger partial charge in [-0.1, -0.05) is 23.5 Å². The minimum absolute atomic E-state index is 0.223. The Balaban J connectivity index is 1.86. The van der Waals surface area contributed by atoms with E-state index in [1.807, 2.05) is 50.6 Å². The summed E-state index contributed by atoms with van der Waals surface area (Å²) in [5.41, 5.74) is 3.43. The minimum atomic E-state index is -0.223. The number of benzene rings is 1. The van der Waals surface area contributed by atoms with Crippen molar-refractivity contribution in [3.63, 3.8) is 0 Å².